The number of likely N-dealkylation sites (tertiary alicyclic amines) is 2. The standard InChI is InChI=1S/C19H36N4O.C2H6/c1-17-3-9-23(10-4-17)19(24)18-5-7-21(8-6-18)15-16-22-13-11-20(2)12-14-22;1-2/h17-18H,3-16H2,1-2H3;1-2H3. The minimum atomic E-state index is 0.290. The predicted octanol–water partition coefficient (Wildman–Crippen LogP) is 2.23. The van der Waals surface area contributed by atoms with Crippen molar-refractivity contribution < 1.29 is 4.79 Å². The quantitative estimate of drug-likeness (QED) is 0.763. The smallest absolute Gasteiger partial charge is 0.225 e. The predicted molar refractivity (Wildman–Crippen MR) is 109 cm³/mol. The summed E-state index contributed by atoms with van der Waals surface area (Å²) in [6, 6.07) is 0. The van der Waals surface area contributed by atoms with Crippen molar-refractivity contribution in [3.05, 3.63) is 0 Å². The summed E-state index contributed by atoms with van der Waals surface area (Å²) in [5.41, 5.74) is 0. The second-order valence-corrected chi connectivity index (χ2v) is 8.27. The van der Waals surface area contributed by atoms with Crippen LogP contribution in [0, 0.1) is 11.8 Å². The van der Waals surface area contributed by atoms with Gasteiger partial charge in [0.05, 0.1) is 0 Å². The monoisotopic (exact) mass is 366 g/mol. The fourth-order valence-electron chi connectivity index (χ4n) is 4.25. The second kappa shape index (κ2) is 11.3. The molecule has 0 radical (unpaired) electrons. The molecule has 3 aliphatic rings. The molecule has 0 N–H and O–H groups in total. The van der Waals surface area contributed by atoms with E-state index < -0.39 is 0 Å². The van der Waals surface area contributed by atoms with E-state index >= 15 is 0 Å². The van der Waals surface area contributed by atoms with E-state index in [0.29, 0.717) is 11.8 Å². The lowest BCUT2D eigenvalue weighted by Crippen LogP contribution is -2.49. The van der Waals surface area contributed by atoms with Crippen molar-refractivity contribution in [3.63, 3.8) is 0 Å². The van der Waals surface area contributed by atoms with Gasteiger partial charge in [-0.25, -0.2) is 0 Å². The summed E-state index contributed by atoms with van der Waals surface area (Å²) in [4.78, 5) is 22.4. The number of piperazine rings is 1. The van der Waals surface area contributed by atoms with Gasteiger partial charge in [-0.15, -0.1) is 0 Å². The zero-order valence-electron chi connectivity index (χ0n) is 17.8. The van der Waals surface area contributed by atoms with Crippen LogP contribution in [-0.2, 0) is 4.79 Å². The average Bonchev–Trinajstić information content (AvgIpc) is 2.69. The van der Waals surface area contributed by atoms with E-state index in [1.807, 2.05) is 13.8 Å². The third-order valence-electron chi connectivity index (χ3n) is 6.36. The van der Waals surface area contributed by atoms with Gasteiger partial charge in [-0.2, -0.15) is 0 Å². The van der Waals surface area contributed by atoms with Crippen LogP contribution in [0.15, 0.2) is 0 Å². The Balaban J connectivity index is 0.00000117. The molecular formula is C21H42N4O. The third kappa shape index (κ3) is 6.50. The van der Waals surface area contributed by atoms with Gasteiger partial charge in [0, 0.05) is 58.3 Å². The highest BCUT2D eigenvalue weighted by Crippen LogP contribution is 2.23. The molecular weight excluding hydrogens is 324 g/mol. The first-order valence-electron chi connectivity index (χ1n) is 11.0. The molecule has 0 aromatic carbocycles. The molecule has 3 fully saturated rings. The summed E-state index contributed by atoms with van der Waals surface area (Å²) in [6.45, 7) is 17.7. The first-order chi connectivity index (χ1) is 12.6. The Morgan fingerprint density at radius 1 is 0.769 bits per heavy atom. The van der Waals surface area contributed by atoms with Crippen LogP contribution in [0.4, 0.5) is 0 Å². The van der Waals surface area contributed by atoms with Crippen molar-refractivity contribution in [2.24, 2.45) is 11.8 Å². The van der Waals surface area contributed by atoms with Gasteiger partial charge < -0.3 is 14.7 Å². The molecule has 1 amide bonds. The van der Waals surface area contributed by atoms with Crippen LogP contribution >= 0.6 is 0 Å². The normalized spacial score (nSPS) is 25.0. The molecule has 26 heavy (non-hydrogen) atoms. The third-order valence-corrected chi connectivity index (χ3v) is 6.36. The Hall–Kier alpha value is -0.650. The van der Waals surface area contributed by atoms with E-state index in [1.165, 1.54) is 52.1 Å². The SMILES string of the molecule is CC.CC1CCN(C(=O)C2CCN(CCN3CCN(C)CC3)CC2)CC1. The number of rotatable bonds is 4. The molecule has 3 saturated heterocycles. The Bertz CT molecular complexity index is 393. The number of carbonyl (C=O) groups excluding carboxylic acids is 1. The minimum absolute atomic E-state index is 0.290. The maximum atomic E-state index is 12.7. The first kappa shape index (κ1) is 21.6. The number of piperidine rings is 2. The Kier molecular flexibility index (Phi) is 9.37. The first-order valence-corrected chi connectivity index (χ1v) is 11.0. The lowest BCUT2D eigenvalue weighted by atomic mass is 9.92. The van der Waals surface area contributed by atoms with Gasteiger partial charge >= 0.3 is 0 Å². The average molecular weight is 367 g/mol. The summed E-state index contributed by atoms with van der Waals surface area (Å²) in [5.74, 6) is 1.53. The molecule has 3 heterocycles. The van der Waals surface area contributed by atoms with Crippen LogP contribution in [0.2, 0.25) is 0 Å². The van der Waals surface area contributed by atoms with Crippen molar-refractivity contribution in [2.75, 3.05) is 72.5 Å². The summed E-state index contributed by atoms with van der Waals surface area (Å²) in [5, 5.41) is 0. The van der Waals surface area contributed by atoms with Gasteiger partial charge in [0.25, 0.3) is 0 Å². The Morgan fingerprint density at radius 3 is 1.81 bits per heavy atom. The van der Waals surface area contributed by atoms with E-state index in [0.717, 1.165) is 44.9 Å². The molecule has 0 saturated carbocycles. The number of carbonyl (C=O) groups is 1. The molecule has 0 aromatic rings. The van der Waals surface area contributed by atoms with Crippen LogP contribution in [0.3, 0.4) is 0 Å². The van der Waals surface area contributed by atoms with E-state index in [2.05, 4.69) is 33.6 Å². The van der Waals surface area contributed by atoms with Crippen molar-refractivity contribution in [2.45, 2.75) is 46.5 Å². The molecule has 0 atom stereocenters. The maximum absolute atomic E-state index is 12.7. The number of hydrogen-bond acceptors (Lipinski definition) is 4. The van der Waals surface area contributed by atoms with Gasteiger partial charge in [0.2, 0.25) is 5.91 Å². The maximum Gasteiger partial charge on any atom is 0.225 e. The summed E-state index contributed by atoms with van der Waals surface area (Å²) < 4.78 is 0. The molecule has 5 heteroatoms. The molecule has 3 aliphatic heterocycles. The van der Waals surface area contributed by atoms with Gasteiger partial charge in [-0.05, 0) is 51.7 Å². The second-order valence-electron chi connectivity index (χ2n) is 8.27. The summed E-state index contributed by atoms with van der Waals surface area (Å²) in [6.07, 6.45) is 4.51. The Morgan fingerprint density at radius 2 is 1.27 bits per heavy atom. The lowest BCUT2D eigenvalue weighted by Gasteiger charge is -2.38. The topological polar surface area (TPSA) is 30.0 Å². The molecule has 5 nitrogen and oxygen atoms in total. The van der Waals surface area contributed by atoms with Crippen molar-refractivity contribution in [1.82, 2.24) is 19.6 Å². The van der Waals surface area contributed by atoms with Crippen LogP contribution in [0.25, 0.3) is 0 Å². The number of nitrogens with zero attached hydrogens (tertiary/aromatic N) is 4. The number of likely N-dealkylation sites (N-methyl/N-ethyl adjacent to an activating group) is 1. The molecule has 0 bridgehead atoms. The zero-order valence-corrected chi connectivity index (χ0v) is 17.8. The van der Waals surface area contributed by atoms with Crippen LogP contribution in [-0.4, -0.2) is 98.0 Å². The highest BCUT2D eigenvalue weighted by atomic mass is 16.2. The summed E-state index contributed by atoms with van der Waals surface area (Å²) >= 11 is 0. The van der Waals surface area contributed by atoms with E-state index in [-0.39, 0.29) is 0 Å². The van der Waals surface area contributed by atoms with E-state index in [9.17, 15) is 4.79 Å². The van der Waals surface area contributed by atoms with Crippen LogP contribution in [0.5, 0.6) is 0 Å². The number of hydrogen-bond donors (Lipinski definition) is 0. The number of amides is 1. The lowest BCUT2D eigenvalue weighted by molar-refractivity contribution is -0.138. The van der Waals surface area contributed by atoms with Gasteiger partial charge in [-0.3, -0.25) is 9.69 Å². The molecule has 0 aliphatic carbocycles. The molecule has 3 rings (SSSR count). The van der Waals surface area contributed by atoms with Crippen molar-refractivity contribution in [3.8, 4) is 0 Å². The van der Waals surface area contributed by atoms with Crippen molar-refractivity contribution in [1.29, 1.82) is 0 Å². The van der Waals surface area contributed by atoms with Crippen LogP contribution in [0.1, 0.15) is 46.5 Å². The molecule has 0 spiro atoms. The van der Waals surface area contributed by atoms with Crippen LogP contribution < -0.4 is 0 Å². The fourth-order valence-corrected chi connectivity index (χ4v) is 4.25. The minimum Gasteiger partial charge on any atom is -0.342 e. The van der Waals surface area contributed by atoms with E-state index in [1.54, 1.807) is 0 Å². The zero-order chi connectivity index (χ0) is 18.9. The summed E-state index contributed by atoms with van der Waals surface area (Å²) in [7, 11) is 2.21. The van der Waals surface area contributed by atoms with Gasteiger partial charge in [-0.1, -0.05) is 20.8 Å². The fraction of sp³-hybridized carbons (Fsp3) is 0.952. The molecule has 152 valence electrons. The van der Waals surface area contributed by atoms with Crippen molar-refractivity contribution >= 4 is 5.91 Å². The van der Waals surface area contributed by atoms with Gasteiger partial charge in [0.15, 0.2) is 0 Å². The largest absolute Gasteiger partial charge is 0.342 e. The highest BCUT2D eigenvalue weighted by molar-refractivity contribution is 5.79. The molecule has 0 aromatic heterocycles. The Labute approximate surface area is 161 Å². The van der Waals surface area contributed by atoms with Gasteiger partial charge in [0.1, 0.15) is 0 Å². The van der Waals surface area contributed by atoms with E-state index in [4.69, 9.17) is 0 Å². The highest BCUT2D eigenvalue weighted by Gasteiger charge is 2.30. The molecule has 0 unspecified atom stereocenters.